The maximum atomic E-state index is 12.2. The van der Waals surface area contributed by atoms with Crippen LogP contribution < -0.4 is 19.5 Å². The number of anilines is 1. The molecular formula is C22H20N2O6S. The highest BCUT2D eigenvalue weighted by atomic mass is 32.1. The lowest BCUT2D eigenvalue weighted by Crippen LogP contribution is -2.21. The highest BCUT2D eigenvalue weighted by Crippen LogP contribution is 2.32. The van der Waals surface area contributed by atoms with Crippen molar-refractivity contribution in [3.63, 3.8) is 0 Å². The molecule has 1 amide bonds. The van der Waals surface area contributed by atoms with Gasteiger partial charge in [0.15, 0.2) is 18.1 Å². The number of rotatable bonds is 7. The monoisotopic (exact) mass is 440 g/mol. The fourth-order valence-electron chi connectivity index (χ4n) is 2.85. The fraction of sp³-hybridized carbons (Fsp3) is 0.227. The first-order valence-corrected chi connectivity index (χ1v) is 10.5. The molecule has 0 unspecified atom stereocenters. The molecule has 3 aromatic rings. The maximum absolute atomic E-state index is 12.2. The van der Waals surface area contributed by atoms with Crippen LogP contribution in [0.4, 0.5) is 5.69 Å². The third-order valence-corrected chi connectivity index (χ3v) is 5.13. The Kier molecular flexibility index (Phi) is 6.32. The summed E-state index contributed by atoms with van der Waals surface area (Å²) in [6.07, 6.45) is 0. The van der Waals surface area contributed by atoms with E-state index in [2.05, 4.69) is 10.3 Å². The van der Waals surface area contributed by atoms with E-state index in [4.69, 9.17) is 18.9 Å². The number of hydrogen-bond acceptors (Lipinski definition) is 8. The van der Waals surface area contributed by atoms with Crippen molar-refractivity contribution < 1.29 is 28.5 Å². The SMILES string of the molecule is Cc1nc(COc2ccc(C(=O)OCC(=O)Nc3ccc4c(c3)OCCO4)cc2)cs1. The summed E-state index contributed by atoms with van der Waals surface area (Å²) in [5, 5.41) is 5.59. The predicted molar refractivity (Wildman–Crippen MR) is 114 cm³/mol. The molecule has 0 bridgehead atoms. The van der Waals surface area contributed by atoms with Gasteiger partial charge in [0.2, 0.25) is 0 Å². The van der Waals surface area contributed by atoms with Crippen LogP contribution >= 0.6 is 11.3 Å². The zero-order valence-electron chi connectivity index (χ0n) is 16.8. The van der Waals surface area contributed by atoms with Gasteiger partial charge in [-0.05, 0) is 43.3 Å². The molecule has 0 radical (unpaired) electrons. The number of thiazole rings is 1. The first-order valence-electron chi connectivity index (χ1n) is 9.57. The van der Waals surface area contributed by atoms with Crippen LogP contribution in [-0.2, 0) is 16.1 Å². The Hall–Kier alpha value is -3.59. The van der Waals surface area contributed by atoms with E-state index in [1.54, 1.807) is 53.8 Å². The van der Waals surface area contributed by atoms with Gasteiger partial charge in [0.1, 0.15) is 25.6 Å². The number of benzene rings is 2. The van der Waals surface area contributed by atoms with E-state index in [0.717, 1.165) is 10.7 Å². The number of aromatic nitrogens is 1. The summed E-state index contributed by atoms with van der Waals surface area (Å²) >= 11 is 1.56. The van der Waals surface area contributed by atoms with Crippen LogP contribution in [0.1, 0.15) is 21.1 Å². The number of fused-ring (bicyclic) bond motifs is 1. The van der Waals surface area contributed by atoms with Gasteiger partial charge in [0.05, 0.1) is 16.3 Å². The summed E-state index contributed by atoms with van der Waals surface area (Å²) in [4.78, 5) is 28.6. The Balaban J connectivity index is 1.24. The number of carbonyl (C=O) groups is 2. The molecule has 160 valence electrons. The fourth-order valence-corrected chi connectivity index (χ4v) is 3.45. The normalized spacial score (nSPS) is 12.2. The van der Waals surface area contributed by atoms with E-state index < -0.39 is 18.5 Å². The van der Waals surface area contributed by atoms with Crippen molar-refractivity contribution in [3.8, 4) is 17.2 Å². The first kappa shape index (κ1) is 20.7. The maximum Gasteiger partial charge on any atom is 0.338 e. The van der Waals surface area contributed by atoms with Gasteiger partial charge in [-0.25, -0.2) is 9.78 Å². The standard InChI is InChI=1S/C22H20N2O6S/c1-14-23-17(13-31-14)11-29-18-5-2-15(3-6-18)22(26)30-12-21(25)24-16-4-7-19-20(10-16)28-9-8-27-19/h2-7,10,13H,8-9,11-12H2,1H3,(H,24,25). The average Bonchev–Trinajstić information content (AvgIpc) is 3.21. The van der Waals surface area contributed by atoms with Gasteiger partial charge in [-0.15, -0.1) is 11.3 Å². The topological polar surface area (TPSA) is 96.0 Å². The highest BCUT2D eigenvalue weighted by Gasteiger charge is 2.14. The lowest BCUT2D eigenvalue weighted by molar-refractivity contribution is -0.119. The van der Waals surface area contributed by atoms with Gasteiger partial charge in [0, 0.05) is 17.1 Å². The minimum Gasteiger partial charge on any atom is -0.487 e. The van der Waals surface area contributed by atoms with Crippen LogP contribution in [-0.4, -0.2) is 36.7 Å². The second-order valence-corrected chi connectivity index (χ2v) is 7.72. The molecule has 1 aromatic heterocycles. The highest BCUT2D eigenvalue weighted by molar-refractivity contribution is 7.09. The number of nitrogens with zero attached hydrogens (tertiary/aromatic N) is 1. The van der Waals surface area contributed by atoms with Crippen LogP contribution in [0.25, 0.3) is 0 Å². The number of amides is 1. The molecule has 2 aromatic carbocycles. The van der Waals surface area contributed by atoms with Gasteiger partial charge >= 0.3 is 5.97 Å². The number of hydrogen-bond donors (Lipinski definition) is 1. The molecule has 0 saturated carbocycles. The molecule has 9 heteroatoms. The van der Waals surface area contributed by atoms with E-state index in [9.17, 15) is 9.59 Å². The van der Waals surface area contributed by atoms with E-state index >= 15 is 0 Å². The van der Waals surface area contributed by atoms with Gasteiger partial charge in [-0.2, -0.15) is 0 Å². The van der Waals surface area contributed by atoms with Crippen LogP contribution in [0.2, 0.25) is 0 Å². The van der Waals surface area contributed by atoms with Gasteiger partial charge in [0.25, 0.3) is 5.91 Å². The number of ether oxygens (including phenoxy) is 4. The van der Waals surface area contributed by atoms with Crippen LogP contribution in [0.5, 0.6) is 17.2 Å². The van der Waals surface area contributed by atoms with Gasteiger partial charge in [-0.1, -0.05) is 0 Å². The molecule has 1 aliphatic heterocycles. The molecule has 1 N–H and O–H groups in total. The van der Waals surface area contributed by atoms with E-state index in [0.29, 0.717) is 48.3 Å². The Morgan fingerprint density at radius 3 is 2.61 bits per heavy atom. The molecule has 0 aliphatic carbocycles. The predicted octanol–water partition coefficient (Wildman–Crippen LogP) is 3.60. The Morgan fingerprint density at radius 1 is 1.10 bits per heavy atom. The molecule has 0 fully saturated rings. The summed E-state index contributed by atoms with van der Waals surface area (Å²) in [6, 6.07) is 11.6. The average molecular weight is 440 g/mol. The zero-order chi connectivity index (χ0) is 21.6. The Morgan fingerprint density at radius 2 is 1.87 bits per heavy atom. The van der Waals surface area contributed by atoms with Crippen LogP contribution in [0.3, 0.4) is 0 Å². The van der Waals surface area contributed by atoms with Crippen molar-refractivity contribution in [2.45, 2.75) is 13.5 Å². The van der Waals surface area contributed by atoms with Crippen molar-refractivity contribution in [3.05, 3.63) is 64.1 Å². The third-order valence-electron chi connectivity index (χ3n) is 4.30. The molecular weight excluding hydrogens is 420 g/mol. The largest absolute Gasteiger partial charge is 0.487 e. The number of nitrogens with one attached hydrogen (secondary N) is 1. The number of carbonyl (C=O) groups excluding carboxylic acids is 2. The summed E-state index contributed by atoms with van der Waals surface area (Å²) in [5.41, 5.74) is 1.71. The van der Waals surface area contributed by atoms with E-state index in [1.807, 2.05) is 12.3 Å². The van der Waals surface area contributed by atoms with Crippen molar-refractivity contribution >= 4 is 28.9 Å². The summed E-state index contributed by atoms with van der Waals surface area (Å²) < 4.78 is 21.7. The molecule has 0 atom stereocenters. The lowest BCUT2D eigenvalue weighted by Gasteiger charge is -2.19. The Bertz CT molecular complexity index is 1080. The van der Waals surface area contributed by atoms with Crippen molar-refractivity contribution in [2.75, 3.05) is 25.1 Å². The molecule has 31 heavy (non-hydrogen) atoms. The molecule has 8 nitrogen and oxygen atoms in total. The molecule has 0 saturated heterocycles. The molecule has 1 aliphatic rings. The van der Waals surface area contributed by atoms with Gasteiger partial charge in [-0.3, -0.25) is 4.79 Å². The van der Waals surface area contributed by atoms with Crippen molar-refractivity contribution in [2.24, 2.45) is 0 Å². The smallest absolute Gasteiger partial charge is 0.338 e. The summed E-state index contributed by atoms with van der Waals surface area (Å²) in [5.74, 6) is 0.749. The van der Waals surface area contributed by atoms with E-state index in [-0.39, 0.29) is 0 Å². The van der Waals surface area contributed by atoms with Crippen LogP contribution in [0, 0.1) is 6.92 Å². The van der Waals surface area contributed by atoms with Crippen molar-refractivity contribution in [1.82, 2.24) is 4.98 Å². The molecule has 2 heterocycles. The minimum atomic E-state index is -0.598. The first-order chi connectivity index (χ1) is 15.1. The number of aryl methyl sites for hydroxylation is 1. The second-order valence-electron chi connectivity index (χ2n) is 6.65. The van der Waals surface area contributed by atoms with Crippen molar-refractivity contribution in [1.29, 1.82) is 0 Å². The molecule has 0 spiro atoms. The van der Waals surface area contributed by atoms with Crippen LogP contribution in [0.15, 0.2) is 47.8 Å². The zero-order valence-corrected chi connectivity index (χ0v) is 17.6. The summed E-state index contributed by atoms with van der Waals surface area (Å²) in [7, 11) is 0. The minimum absolute atomic E-state index is 0.323. The Labute approximate surface area is 182 Å². The lowest BCUT2D eigenvalue weighted by atomic mass is 10.2. The molecule has 4 rings (SSSR count). The quantitative estimate of drug-likeness (QED) is 0.561. The third kappa shape index (κ3) is 5.52. The number of esters is 1. The second kappa shape index (κ2) is 9.48. The van der Waals surface area contributed by atoms with E-state index in [1.165, 1.54) is 0 Å². The van der Waals surface area contributed by atoms with Gasteiger partial charge < -0.3 is 24.3 Å². The summed E-state index contributed by atoms with van der Waals surface area (Å²) in [6.45, 7) is 2.83.